The van der Waals surface area contributed by atoms with E-state index in [1.165, 1.54) is 0 Å². The van der Waals surface area contributed by atoms with Crippen molar-refractivity contribution in [2.45, 2.75) is 32.7 Å². The normalized spacial score (nSPS) is 11.7. The Labute approximate surface area is 106 Å². The summed E-state index contributed by atoms with van der Waals surface area (Å²) in [4.78, 5) is 15.9. The van der Waals surface area contributed by atoms with Gasteiger partial charge in [-0.15, -0.1) is 0 Å². The molecule has 1 amide bonds. The Morgan fingerprint density at radius 3 is 2.89 bits per heavy atom. The standard InChI is InChI=1S/C13H17N3O2/c1-9(4-3-7-17)15-13(18)12-6-5-11(8-14)10(2)16-12/h5-6,9,17H,3-4,7H2,1-2H3,(H,15,18). The molecule has 0 aliphatic rings. The van der Waals surface area contributed by atoms with Crippen LogP contribution in [0.15, 0.2) is 12.1 Å². The van der Waals surface area contributed by atoms with Gasteiger partial charge >= 0.3 is 0 Å². The van der Waals surface area contributed by atoms with E-state index in [9.17, 15) is 4.79 Å². The number of amides is 1. The fraction of sp³-hybridized carbons (Fsp3) is 0.462. The Hall–Kier alpha value is -1.93. The molecule has 1 aromatic heterocycles. The van der Waals surface area contributed by atoms with Gasteiger partial charge in [0.15, 0.2) is 0 Å². The lowest BCUT2D eigenvalue weighted by atomic mass is 10.1. The molecule has 18 heavy (non-hydrogen) atoms. The van der Waals surface area contributed by atoms with Gasteiger partial charge in [0.05, 0.1) is 11.3 Å². The lowest BCUT2D eigenvalue weighted by Crippen LogP contribution is -2.33. The van der Waals surface area contributed by atoms with E-state index >= 15 is 0 Å². The third-order valence-corrected chi connectivity index (χ3v) is 2.61. The van der Waals surface area contributed by atoms with Crippen LogP contribution in [0.2, 0.25) is 0 Å². The number of nitrogens with zero attached hydrogens (tertiary/aromatic N) is 2. The molecule has 0 saturated heterocycles. The van der Waals surface area contributed by atoms with Crippen LogP contribution in [0.3, 0.4) is 0 Å². The highest BCUT2D eigenvalue weighted by molar-refractivity contribution is 5.92. The topological polar surface area (TPSA) is 86.0 Å². The molecule has 1 heterocycles. The van der Waals surface area contributed by atoms with Crippen molar-refractivity contribution < 1.29 is 9.90 Å². The number of aliphatic hydroxyl groups is 1. The van der Waals surface area contributed by atoms with E-state index in [1.54, 1.807) is 19.1 Å². The van der Waals surface area contributed by atoms with Crippen molar-refractivity contribution in [2.24, 2.45) is 0 Å². The molecule has 1 atom stereocenters. The summed E-state index contributed by atoms with van der Waals surface area (Å²) in [6.45, 7) is 3.70. The van der Waals surface area contributed by atoms with Crippen LogP contribution in [0.5, 0.6) is 0 Å². The average molecular weight is 247 g/mol. The molecule has 2 N–H and O–H groups in total. The number of carbonyl (C=O) groups is 1. The van der Waals surface area contributed by atoms with Crippen LogP contribution < -0.4 is 5.32 Å². The van der Waals surface area contributed by atoms with Gasteiger partial charge in [-0.3, -0.25) is 4.79 Å². The summed E-state index contributed by atoms with van der Waals surface area (Å²) in [5, 5.41) is 20.3. The summed E-state index contributed by atoms with van der Waals surface area (Å²) in [6, 6.07) is 5.13. The fourth-order valence-electron chi connectivity index (χ4n) is 1.57. The maximum absolute atomic E-state index is 11.9. The maximum Gasteiger partial charge on any atom is 0.270 e. The molecule has 0 radical (unpaired) electrons. The van der Waals surface area contributed by atoms with E-state index in [2.05, 4.69) is 10.3 Å². The molecule has 0 spiro atoms. The van der Waals surface area contributed by atoms with Crippen LogP contribution in [-0.4, -0.2) is 28.6 Å². The number of pyridine rings is 1. The van der Waals surface area contributed by atoms with Gasteiger partial charge in [0.1, 0.15) is 11.8 Å². The van der Waals surface area contributed by atoms with E-state index in [-0.39, 0.29) is 18.6 Å². The van der Waals surface area contributed by atoms with Crippen LogP contribution in [-0.2, 0) is 0 Å². The summed E-state index contributed by atoms with van der Waals surface area (Å²) in [5.41, 5.74) is 1.33. The predicted molar refractivity (Wildman–Crippen MR) is 66.9 cm³/mol. The van der Waals surface area contributed by atoms with E-state index in [4.69, 9.17) is 10.4 Å². The monoisotopic (exact) mass is 247 g/mol. The molecule has 96 valence electrons. The van der Waals surface area contributed by atoms with Gasteiger partial charge < -0.3 is 10.4 Å². The van der Waals surface area contributed by atoms with Gasteiger partial charge in [0.25, 0.3) is 5.91 Å². The molecule has 0 aromatic carbocycles. The molecule has 0 aliphatic heterocycles. The van der Waals surface area contributed by atoms with Gasteiger partial charge in [-0.05, 0) is 38.8 Å². The lowest BCUT2D eigenvalue weighted by molar-refractivity contribution is 0.0931. The number of nitrogens with one attached hydrogen (secondary N) is 1. The molecule has 0 saturated carbocycles. The number of carbonyl (C=O) groups excluding carboxylic acids is 1. The Balaban J connectivity index is 2.67. The van der Waals surface area contributed by atoms with E-state index < -0.39 is 0 Å². The third-order valence-electron chi connectivity index (χ3n) is 2.61. The van der Waals surface area contributed by atoms with Crippen molar-refractivity contribution in [2.75, 3.05) is 6.61 Å². The molecule has 5 nitrogen and oxygen atoms in total. The second kappa shape index (κ2) is 6.72. The SMILES string of the molecule is Cc1nc(C(=O)NC(C)CCCO)ccc1C#N. The number of rotatable bonds is 5. The first-order chi connectivity index (χ1) is 8.58. The number of aryl methyl sites for hydroxylation is 1. The first-order valence-electron chi connectivity index (χ1n) is 5.88. The molecule has 0 aliphatic carbocycles. The molecule has 1 rings (SSSR count). The average Bonchev–Trinajstić information content (AvgIpc) is 2.36. The Kier molecular flexibility index (Phi) is 5.28. The van der Waals surface area contributed by atoms with E-state index in [1.807, 2.05) is 13.0 Å². The highest BCUT2D eigenvalue weighted by Crippen LogP contribution is 2.06. The predicted octanol–water partition coefficient (Wildman–Crippen LogP) is 1.15. The molecule has 1 aromatic rings. The summed E-state index contributed by atoms with van der Waals surface area (Å²) in [7, 11) is 0. The minimum atomic E-state index is -0.256. The molecular formula is C13H17N3O2. The quantitative estimate of drug-likeness (QED) is 0.817. The number of hydrogen-bond acceptors (Lipinski definition) is 4. The largest absolute Gasteiger partial charge is 0.396 e. The highest BCUT2D eigenvalue weighted by Gasteiger charge is 2.12. The molecule has 5 heteroatoms. The van der Waals surface area contributed by atoms with Gasteiger partial charge in [-0.25, -0.2) is 4.98 Å². The van der Waals surface area contributed by atoms with E-state index in [0.717, 1.165) is 6.42 Å². The number of hydrogen-bond donors (Lipinski definition) is 2. The van der Waals surface area contributed by atoms with Crippen LogP contribution in [0.4, 0.5) is 0 Å². The van der Waals surface area contributed by atoms with Crippen LogP contribution in [0.1, 0.15) is 41.5 Å². The number of aliphatic hydroxyl groups excluding tert-OH is 1. The molecule has 0 bridgehead atoms. The van der Waals surface area contributed by atoms with E-state index in [0.29, 0.717) is 23.4 Å². The molecular weight excluding hydrogens is 230 g/mol. The molecule has 1 unspecified atom stereocenters. The maximum atomic E-state index is 11.9. The van der Waals surface area contributed by atoms with Gasteiger partial charge in [-0.1, -0.05) is 0 Å². The summed E-state index contributed by atoms with van der Waals surface area (Å²) in [6.07, 6.45) is 1.37. The van der Waals surface area contributed by atoms with Gasteiger partial charge in [0, 0.05) is 12.6 Å². The summed E-state index contributed by atoms with van der Waals surface area (Å²) >= 11 is 0. The summed E-state index contributed by atoms with van der Waals surface area (Å²) in [5.74, 6) is -0.256. The Morgan fingerprint density at radius 1 is 1.61 bits per heavy atom. The zero-order valence-corrected chi connectivity index (χ0v) is 10.6. The fourth-order valence-corrected chi connectivity index (χ4v) is 1.57. The second-order valence-electron chi connectivity index (χ2n) is 4.18. The third kappa shape index (κ3) is 3.82. The first-order valence-corrected chi connectivity index (χ1v) is 5.88. The second-order valence-corrected chi connectivity index (χ2v) is 4.18. The van der Waals surface area contributed by atoms with Crippen molar-refractivity contribution >= 4 is 5.91 Å². The smallest absolute Gasteiger partial charge is 0.270 e. The number of aromatic nitrogens is 1. The minimum Gasteiger partial charge on any atom is -0.396 e. The number of nitriles is 1. The van der Waals surface area contributed by atoms with Crippen molar-refractivity contribution in [3.63, 3.8) is 0 Å². The first kappa shape index (κ1) is 14.1. The molecule has 0 fully saturated rings. The zero-order chi connectivity index (χ0) is 13.5. The lowest BCUT2D eigenvalue weighted by Gasteiger charge is -2.13. The van der Waals surface area contributed by atoms with Gasteiger partial charge in [0.2, 0.25) is 0 Å². The Morgan fingerprint density at radius 2 is 2.33 bits per heavy atom. The van der Waals surface area contributed by atoms with Gasteiger partial charge in [-0.2, -0.15) is 5.26 Å². The highest BCUT2D eigenvalue weighted by atomic mass is 16.3. The summed E-state index contributed by atoms with van der Waals surface area (Å²) < 4.78 is 0. The van der Waals surface area contributed by atoms with Crippen LogP contribution in [0.25, 0.3) is 0 Å². The minimum absolute atomic E-state index is 0.0117. The van der Waals surface area contributed by atoms with Crippen molar-refractivity contribution in [1.29, 1.82) is 5.26 Å². The Bertz CT molecular complexity index is 466. The van der Waals surface area contributed by atoms with Crippen LogP contribution in [0, 0.1) is 18.3 Å². The van der Waals surface area contributed by atoms with Crippen molar-refractivity contribution in [1.82, 2.24) is 10.3 Å². The van der Waals surface area contributed by atoms with Crippen LogP contribution >= 0.6 is 0 Å². The van der Waals surface area contributed by atoms with Crippen molar-refractivity contribution in [3.8, 4) is 6.07 Å². The van der Waals surface area contributed by atoms with Crippen molar-refractivity contribution in [3.05, 3.63) is 29.1 Å². The zero-order valence-electron chi connectivity index (χ0n) is 10.6.